The predicted octanol–water partition coefficient (Wildman–Crippen LogP) is 5.43. The molecule has 1 aromatic heterocycles. The lowest BCUT2D eigenvalue weighted by atomic mass is 10.0. The van der Waals surface area contributed by atoms with E-state index in [4.69, 9.17) is 4.98 Å². The Bertz CT molecular complexity index is 1340. The van der Waals surface area contributed by atoms with Gasteiger partial charge < -0.3 is 10.1 Å². The number of aromatic nitrogens is 1. The summed E-state index contributed by atoms with van der Waals surface area (Å²) in [6.45, 7) is 4.28. The second-order valence-corrected chi connectivity index (χ2v) is 12.6. The molecule has 2 aromatic carbocycles. The van der Waals surface area contributed by atoms with Crippen LogP contribution < -0.4 is 10.1 Å². The molecule has 0 saturated carbocycles. The Hall–Kier alpha value is -2.89. The maximum Gasteiger partial charge on any atom is 0.387 e. The molecule has 0 unspecified atom stereocenters. The molecule has 0 aliphatic carbocycles. The third kappa shape index (κ3) is 6.52. The highest BCUT2D eigenvalue weighted by atomic mass is 32.2. The molecule has 1 aliphatic heterocycles. The number of sulfone groups is 1. The van der Waals surface area contributed by atoms with Crippen LogP contribution in [0.25, 0.3) is 0 Å². The van der Waals surface area contributed by atoms with E-state index in [1.807, 2.05) is 0 Å². The van der Waals surface area contributed by atoms with Crippen LogP contribution in [0.4, 0.5) is 13.9 Å². The molecule has 2 heterocycles. The molecule has 0 bridgehead atoms. The number of carbonyl (C=O) groups excluding carboxylic acids is 1. The minimum atomic E-state index is -3.28. The predicted molar refractivity (Wildman–Crippen MR) is 139 cm³/mol. The highest BCUT2D eigenvalue weighted by molar-refractivity contribution is 7.91. The zero-order valence-corrected chi connectivity index (χ0v) is 22.4. The number of benzene rings is 2. The van der Waals surface area contributed by atoms with Crippen LogP contribution in [0.2, 0.25) is 0 Å². The normalized spacial score (nSPS) is 15.8. The number of nitrogens with one attached hydrogen (secondary N) is 1. The first kappa shape index (κ1) is 27.2. The Labute approximate surface area is 219 Å². The van der Waals surface area contributed by atoms with Crippen molar-refractivity contribution < 1.29 is 26.7 Å². The van der Waals surface area contributed by atoms with Gasteiger partial charge in [0.15, 0.2) is 15.0 Å². The number of halogens is 2. The Balaban J connectivity index is 1.39. The number of hydrogen-bond donors (Lipinski definition) is 1. The fourth-order valence-corrected chi connectivity index (χ4v) is 6.38. The van der Waals surface area contributed by atoms with Crippen molar-refractivity contribution in [1.82, 2.24) is 9.88 Å². The number of rotatable bonds is 10. The molecule has 198 valence electrons. The number of anilines is 1. The van der Waals surface area contributed by atoms with Crippen LogP contribution in [-0.4, -0.2) is 36.6 Å². The van der Waals surface area contributed by atoms with E-state index in [2.05, 4.69) is 28.8 Å². The number of carbonyl (C=O) groups is 1. The van der Waals surface area contributed by atoms with Crippen molar-refractivity contribution in [3.63, 3.8) is 0 Å². The van der Waals surface area contributed by atoms with Gasteiger partial charge in [-0.05, 0) is 41.3 Å². The summed E-state index contributed by atoms with van der Waals surface area (Å²) in [4.78, 5) is 21.0. The summed E-state index contributed by atoms with van der Waals surface area (Å²) in [6, 6.07) is 13.1. The van der Waals surface area contributed by atoms with E-state index in [0.717, 1.165) is 16.1 Å². The molecule has 11 heteroatoms. The van der Waals surface area contributed by atoms with Gasteiger partial charge in [0, 0.05) is 18.0 Å². The average molecular weight is 550 g/mol. The summed E-state index contributed by atoms with van der Waals surface area (Å²) in [5.74, 6) is 0.205. The van der Waals surface area contributed by atoms with Gasteiger partial charge in [0.1, 0.15) is 5.75 Å². The fourth-order valence-electron chi connectivity index (χ4n) is 4.45. The molecule has 0 saturated heterocycles. The molecule has 1 N–H and O–H groups in total. The van der Waals surface area contributed by atoms with E-state index >= 15 is 0 Å². The second kappa shape index (κ2) is 11.2. The maximum absolute atomic E-state index is 12.6. The summed E-state index contributed by atoms with van der Waals surface area (Å²) in [6.07, 6.45) is 0.113. The highest BCUT2D eigenvalue weighted by Gasteiger charge is 2.36. The fraction of sp³-hybridized carbons (Fsp3) is 0.385. The van der Waals surface area contributed by atoms with Crippen molar-refractivity contribution >= 4 is 32.2 Å². The molecular weight excluding hydrogens is 520 g/mol. The van der Waals surface area contributed by atoms with Gasteiger partial charge in [-0.2, -0.15) is 8.78 Å². The number of alkyl halides is 2. The SMILES string of the molecule is CCS(=O)(=O)c1ccc(CC(=O)Nc2nc3c(s2)CN(Cc2ccc(OC(F)F)cc2)[C@@H]3C(C)C)cc1. The van der Waals surface area contributed by atoms with Crippen LogP contribution in [0, 0.1) is 5.92 Å². The van der Waals surface area contributed by atoms with Gasteiger partial charge in [-0.1, -0.05) is 45.0 Å². The van der Waals surface area contributed by atoms with Crippen molar-refractivity contribution in [2.45, 2.75) is 57.8 Å². The zero-order valence-electron chi connectivity index (χ0n) is 20.8. The molecule has 37 heavy (non-hydrogen) atoms. The summed E-state index contributed by atoms with van der Waals surface area (Å²) in [7, 11) is -3.28. The van der Waals surface area contributed by atoms with E-state index in [0.29, 0.717) is 23.8 Å². The van der Waals surface area contributed by atoms with Crippen LogP contribution in [-0.2, 0) is 34.1 Å². The van der Waals surface area contributed by atoms with Crippen molar-refractivity contribution in [3.8, 4) is 5.75 Å². The van der Waals surface area contributed by atoms with E-state index in [1.165, 1.54) is 23.5 Å². The van der Waals surface area contributed by atoms with Crippen LogP contribution in [0.15, 0.2) is 53.4 Å². The Morgan fingerprint density at radius 1 is 1.14 bits per heavy atom. The highest BCUT2D eigenvalue weighted by Crippen LogP contribution is 2.43. The zero-order chi connectivity index (χ0) is 26.7. The summed E-state index contributed by atoms with van der Waals surface area (Å²) in [5, 5.41) is 3.42. The van der Waals surface area contributed by atoms with Gasteiger partial charge >= 0.3 is 6.61 Å². The molecule has 7 nitrogen and oxygen atoms in total. The van der Waals surface area contributed by atoms with Crippen molar-refractivity contribution in [3.05, 3.63) is 70.2 Å². The number of nitrogens with zero attached hydrogens (tertiary/aromatic N) is 2. The lowest BCUT2D eigenvalue weighted by molar-refractivity contribution is -0.115. The average Bonchev–Trinajstić information content (AvgIpc) is 3.36. The van der Waals surface area contributed by atoms with Gasteiger partial charge in [-0.15, -0.1) is 11.3 Å². The number of thiazole rings is 1. The lowest BCUT2D eigenvalue weighted by Crippen LogP contribution is -2.26. The molecule has 0 spiro atoms. The number of amides is 1. The Morgan fingerprint density at radius 3 is 2.38 bits per heavy atom. The van der Waals surface area contributed by atoms with Gasteiger partial charge in [0.05, 0.1) is 28.8 Å². The van der Waals surface area contributed by atoms with Gasteiger partial charge in [0.25, 0.3) is 0 Å². The minimum absolute atomic E-state index is 0.0267. The second-order valence-electron chi connectivity index (χ2n) is 9.22. The largest absolute Gasteiger partial charge is 0.435 e. The lowest BCUT2D eigenvalue weighted by Gasteiger charge is -2.27. The van der Waals surface area contributed by atoms with Gasteiger partial charge in [-0.3, -0.25) is 9.69 Å². The van der Waals surface area contributed by atoms with Crippen LogP contribution >= 0.6 is 11.3 Å². The Kier molecular flexibility index (Phi) is 8.25. The van der Waals surface area contributed by atoms with Crippen LogP contribution in [0.3, 0.4) is 0 Å². The van der Waals surface area contributed by atoms with Crippen molar-refractivity contribution in [1.29, 1.82) is 0 Å². The molecule has 0 fully saturated rings. The third-order valence-corrected chi connectivity index (χ3v) is 8.91. The number of hydrogen-bond acceptors (Lipinski definition) is 7. The number of fused-ring (bicyclic) bond motifs is 1. The van der Waals surface area contributed by atoms with E-state index in [-0.39, 0.29) is 40.7 Å². The van der Waals surface area contributed by atoms with E-state index < -0.39 is 16.4 Å². The summed E-state index contributed by atoms with van der Waals surface area (Å²) in [5.41, 5.74) is 2.64. The summed E-state index contributed by atoms with van der Waals surface area (Å²) >= 11 is 1.45. The Morgan fingerprint density at radius 2 is 1.78 bits per heavy atom. The first-order chi connectivity index (χ1) is 17.6. The molecule has 1 atom stereocenters. The standard InChI is InChI=1S/C26H29F2N3O4S2/c1-4-37(33,34)20-11-7-17(8-12-20)13-22(32)29-26-30-23-21(36-26)15-31(24(23)16(2)3)14-18-5-9-19(10-6-18)35-25(27)28/h5-12,16,24-25H,4,13-15H2,1-3H3,(H,29,30,32)/t24-/m1/s1. The molecule has 1 aliphatic rings. The quantitative estimate of drug-likeness (QED) is 0.363. The van der Waals surface area contributed by atoms with Gasteiger partial charge in [0.2, 0.25) is 5.91 Å². The maximum atomic E-state index is 12.6. The third-order valence-electron chi connectivity index (χ3n) is 6.19. The van der Waals surface area contributed by atoms with Crippen molar-refractivity contribution in [2.75, 3.05) is 11.1 Å². The number of ether oxygens (including phenoxy) is 1. The first-order valence-corrected chi connectivity index (χ1v) is 14.4. The molecule has 0 radical (unpaired) electrons. The molecule has 1 amide bonds. The van der Waals surface area contributed by atoms with Crippen molar-refractivity contribution in [2.24, 2.45) is 5.92 Å². The molecule has 4 rings (SSSR count). The van der Waals surface area contributed by atoms with Crippen LogP contribution in [0.5, 0.6) is 5.75 Å². The molecular formula is C26H29F2N3O4S2. The van der Waals surface area contributed by atoms with E-state index in [9.17, 15) is 22.0 Å². The smallest absolute Gasteiger partial charge is 0.387 e. The monoisotopic (exact) mass is 549 g/mol. The van der Waals surface area contributed by atoms with Crippen LogP contribution in [0.1, 0.15) is 48.5 Å². The topological polar surface area (TPSA) is 88.6 Å². The van der Waals surface area contributed by atoms with E-state index in [1.54, 1.807) is 43.3 Å². The van der Waals surface area contributed by atoms with Gasteiger partial charge in [-0.25, -0.2) is 13.4 Å². The minimum Gasteiger partial charge on any atom is -0.435 e. The first-order valence-electron chi connectivity index (χ1n) is 11.9. The summed E-state index contributed by atoms with van der Waals surface area (Å²) < 4.78 is 53.2. The molecule has 3 aromatic rings.